The highest BCUT2D eigenvalue weighted by atomic mass is 32.5. The van der Waals surface area contributed by atoms with Gasteiger partial charge in [-0.2, -0.15) is 14.6 Å². The Bertz CT molecular complexity index is 1120. The molecular formula is C19H24F5N5OS. The van der Waals surface area contributed by atoms with Gasteiger partial charge in [0.1, 0.15) is 17.0 Å². The van der Waals surface area contributed by atoms with Crippen LogP contribution < -0.4 is 5.32 Å². The summed E-state index contributed by atoms with van der Waals surface area (Å²) in [5, 5.41) is 17.8. The van der Waals surface area contributed by atoms with E-state index >= 15 is 0 Å². The Morgan fingerprint density at radius 3 is 2.06 bits per heavy atom. The number of hydrogen-bond donors (Lipinski definition) is 2. The maximum atomic E-state index is 13.1. The summed E-state index contributed by atoms with van der Waals surface area (Å²) in [5.74, 6) is 0.678. The van der Waals surface area contributed by atoms with Crippen molar-refractivity contribution in [3.8, 4) is 0 Å². The topological polar surface area (TPSA) is 75.3 Å². The number of nitrogens with one attached hydrogen (secondary N) is 1. The molecule has 0 bridgehead atoms. The second-order valence-corrected chi connectivity index (χ2v) is 11.4. The zero-order chi connectivity index (χ0) is 23.5. The van der Waals surface area contributed by atoms with E-state index in [1.807, 2.05) is 20.8 Å². The zero-order valence-corrected chi connectivity index (χ0v) is 18.4. The van der Waals surface area contributed by atoms with Crippen LogP contribution in [0.4, 0.5) is 25.2 Å². The van der Waals surface area contributed by atoms with Crippen LogP contribution in [0.3, 0.4) is 0 Å². The van der Waals surface area contributed by atoms with Gasteiger partial charge in [0.15, 0.2) is 0 Å². The molecule has 2 aromatic heterocycles. The van der Waals surface area contributed by atoms with Crippen molar-refractivity contribution in [2.75, 3.05) is 5.32 Å². The van der Waals surface area contributed by atoms with Crippen molar-refractivity contribution >= 4 is 21.8 Å². The second-order valence-electron chi connectivity index (χ2n) is 9.02. The van der Waals surface area contributed by atoms with Gasteiger partial charge in [-0.3, -0.25) is 0 Å². The minimum atomic E-state index is -9.79. The van der Waals surface area contributed by atoms with Crippen LogP contribution in [0, 0.1) is 0 Å². The zero-order valence-electron chi connectivity index (χ0n) is 17.6. The first kappa shape index (κ1) is 23.2. The van der Waals surface area contributed by atoms with Crippen molar-refractivity contribution in [1.82, 2.24) is 19.6 Å². The van der Waals surface area contributed by atoms with Gasteiger partial charge in [0.2, 0.25) is 0 Å². The standard InChI is InChI=1S/C19H24F5N5OS/c1-18(2,3)14-10-15(29-17(27-14)25-11-26-29)28-16(19(4,5)30)12-6-8-13(9-7-12)31(20,21,22,23)24/h6-11,16,28,30H,1-5H3/t16-/m1/s1. The lowest BCUT2D eigenvalue weighted by Gasteiger charge is -2.40. The lowest BCUT2D eigenvalue weighted by molar-refractivity contribution is 0.0587. The van der Waals surface area contributed by atoms with Gasteiger partial charge >= 0.3 is 10.2 Å². The molecule has 31 heavy (non-hydrogen) atoms. The third-order valence-corrected chi connectivity index (χ3v) is 5.84. The molecule has 0 fully saturated rings. The number of fused-ring (bicyclic) bond motifs is 1. The molecule has 3 rings (SSSR count). The summed E-state index contributed by atoms with van der Waals surface area (Å²) in [6, 6.07) is 3.25. The smallest absolute Gasteiger partial charge is 0.310 e. The van der Waals surface area contributed by atoms with Crippen molar-refractivity contribution in [3.63, 3.8) is 0 Å². The monoisotopic (exact) mass is 465 g/mol. The van der Waals surface area contributed by atoms with E-state index in [4.69, 9.17) is 0 Å². The van der Waals surface area contributed by atoms with Gasteiger partial charge in [-0.25, -0.2) is 4.98 Å². The van der Waals surface area contributed by atoms with Crippen molar-refractivity contribution in [2.24, 2.45) is 0 Å². The molecule has 172 valence electrons. The summed E-state index contributed by atoms with van der Waals surface area (Å²) < 4.78 is 66.7. The molecule has 0 saturated carbocycles. The first-order valence-electron chi connectivity index (χ1n) is 9.30. The molecule has 3 aromatic rings. The van der Waals surface area contributed by atoms with Crippen LogP contribution in [0.15, 0.2) is 41.6 Å². The molecule has 0 aliphatic heterocycles. The molecule has 0 unspecified atom stereocenters. The Hall–Kier alpha value is -2.47. The van der Waals surface area contributed by atoms with Crippen LogP contribution in [0.2, 0.25) is 0 Å². The fourth-order valence-electron chi connectivity index (χ4n) is 3.03. The summed E-state index contributed by atoms with van der Waals surface area (Å²) in [7, 11) is -9.79. The predicted molar refractivity (Wildman–Crippen MR) is 110 cm³/mol. The van der Waals surface area contributed by atoms with Gasteiger partial charge in [-0.1, -0.05) is 52.3 Å². The summed E-state index contributed by atoms with van der Waals surface area (Å²) in [5.41, 5.74) is -0.979. The van der Waals surface area contributed by atoms with Crippen LogP contribution in [0.5, 0.6) is 0 Å². The molecule has 0 spiro atoms. The van der Waals surface area contributed by atoms with E-state index in [2.05, 4.69) is 20.4 Å². The number of nitrogens with zero attached hydrogens (tertiary/aromatic N) is 4. The van der Waals surface area contributed by atoms with Crippen LogP contribution in [0.25, 0.3) is 5.78 Å². The third kappa shape index (κ3) is 5.06. The lowest BCUT2D eigenvalue weighted by atomic mass is 9.90. The average molecular weight is 465 g/mol. The van der Waals surface area contributed by atoms with E-state index in [1.54, 1.807) is 6.07 Å². The number of benzene rings is 1. The summed E-state index contributed by atoms with van der Waals surface area (Å²) in [4.78, 5) is 6.54. The highest BCUT2D eigenvalue weighted by Gasteiger charge is 2.65. The summed E-state index contributed by atoms with van der Waals surface area (Å²) in [6.45, 7) is 8.73. The molecule has 6 nitrogen and oxygen atoms in total. The van der Waals surface area contributed by atoms with Crippen LogP contribution in [-0.2, 0) is 5.41 Å². The number of hydrogen-bond acceptors (Lipinski definition) is 5. The van der Waals surface area contributed by atoms with E-state index in [0.717, 1.165) is 12.1 Å². The van der Waals surface area contributed by atoms with Crippen LogP contribution >= 0.6 is 10.2 Å². The van der Waals surface area contributed by atoms with E-state index in [9.17, 15) is 24.5 Å². The molecule has 1 atom stereocenters. The van der Waals surface area contributed by atoms with E-state index in [0.29, 0.717) is 29.4 Å². The number of halogens is 5. The van der Waals surface area contributed by atoms with Gasteiger partial charge in [0.05, 0.1) is 17.3 Å². The first-order valence-corrected chi connectivity index (χ1v) is 11.2. The molecular weight excluding hydrogens is 441 g/mol. The predicted octanol–water partition coefficient (Wildman–Crippen LogP) is 6.00. The minimum Gasteiger partial charge on any atom is -0.388 e. The van der Waals surface area contributed by atoms with E-state index in [-0.39, 0.29) is 11.0 Å². The quantitative estimate of drug-likeness (QED) is 0.452. The Kier molecular flexibility index (Phi) is 4.70. The third-order valence-electron chi connectivity index (χ3n) is 4.68. The molecule has 0 aliphatic rings. The Balaban J connectivity index is 2.08. The van der Waals surface area contributed by atoms with Crippen molar-refractivity contribution < 1.29 is 24.5 Å². The molecule has 2 heterocycles. The van der Waals surface area contributed by atoms with Gasteiger partial charge < -0.3 is 10.4 Å². The van der Waals surface area contributed by atoms with E-state index < -0.39 is 26.8 Å². The van der Waals surface area contributed by atoms with Gasteiger partial charge in [0, 0.05) is 11.5 Å². The van der Waals surface area contributed by atoms with Crippen LogP contribution in [-0.4, -0.2) is 30.3 Å². The molecule has 0 saturated heterocycles. The highest BCUT2D eigenvalue weighted by molar-refractivity contribution is 8.45. The lowest BCUT2D eigenvalue weighted by Crippen LogP contribution is -2.35. The number of aromatic nitrogens is 4. The fraction of sp³-hybridized carbons (Fsp3) is 0.421. The number of aliphatic hydroxyl groups is 1. The maximum Gasteiger partial charge on any atom is 0.310 e. The van der Waals surface area contributed by atoms with Gasteiger partial charge in [-0.05, 0) is 31.5 Å². The molecule has 0 amide bonds. The van der Waals surface area contributed by atoms with Gasteiger partial charge in [0.25, 0.3) is 5.78 Å². The normalized spacial score (nSPS) is 16.6. The highest BCUT2D eigenvalue weighted by Crippen LogP contribution is 3.02. The Morgan fingerprint density at radius 1 is 1.00 bits per heavy atom. The fourth-order valence-corrected chi connectivity index (χ4v) is 3.68. The molecule has 1 aromatic carbocycles. The number of rotatable bonds is 5. The average Bonchev–Trinajstić information content (AvgIpc) is 3.04. The van der Waals surface area contributed by atoms with E-state index in [1.165, 1.54) is 24.7 Å². The van der Waals surface area contributed by atoms with Gasteiger partial charge in [-0.15, -0.1) is 0 Å². The SMILES string of the molecule is CC(C)(C)c1cc(N[C@H](c2ccc(S(F)(F)(F)(F)F)cc2)C(C)(C)O)n2ncnc2n1. The second kappa shape index (κ2) is 6.28. The summed E-state index contributed by atoms with van der Waals surface area (Å²) >= 11 is 0. The molecule has 12 heteroatoms. The Morgan fingerprint density at radius 2 is 1.58 bits per heavy atom. The molecule has 0 radical (unpaired) electrons. The van der Waals surface area contributed by atoms with Crippen molar-refractivity contribution in [1.29, 1.82) is 0 Å². The largest absolute Gasteiger partial charge is 0.388 e. The molecule has 2 N–H and O–H groups in total. The number of anilines is 1. The summed E-state index contributed by atoms with van der Waals surface area (Å²) in [6.07, 6.45) is 1.29. The first-order chi connectivity index (χ1) is 13.8. The van der Waals surface area contributed by atoms with Crippen LogP contribution in [0.1, 0.15) is 51.9 Å². The van der Waals surface area contributed by atoms with Crippen molar-refractivity contribution in [3.05, 3.63) is 47.9 Å². The maximum absolute atomic E-state index is 13.1. The molecule has 0 aliphatic carbocycles. The Labute approximate surface area is 176 Å². The van der Waals surface area contributed by atoms with Crippen molar-refractivity contribution in [2.45, 2.75) is 56.6 Å². The minimum absolute atomic E-state index is 0.181.